The first-order valence-electron chi connectivity index (χ1n) is 9.64. The number of rotatable bonds is 3. The number of fused-ring (bicyclic) bond motifs is 1. The van der Waals surface area contributed by atoms with Crippen molar-refractivity contribution in [1.29, 1.82) is 0 Å². The summed E-state index contributed by atoms with van der Waals surface area (Å²) < 4.78 is 2.08. The van der Waals surface area contributed by atoms with Gasteiger partial charge in [-0.25, -0.2) is 0 Å². The van der Waals surface area contributed by atoms with E-state index < -0.39 is 5.97 Å². The zero-order chi connectivity index (χ0) is 20.1. The van der Waals surface area contributed by atoms with Gasteiger partial charge in [0.05, 0.1) is 6.54 Å². The van der Waals surface area contributed by atoms with Crippen molar-refractivity contribution in [3.8, 4) is 0 Å². The van der Waals surface area contributed by atoms with E-state index in [9.17, 15) is 4.79 Å². The van der Waals surface area contributed by atoms with Gasteiger partial charge in [-0.3, -0.25) is 9.59 Å². The molecule has 28 heavy (non-hydrogen) atoms. The molecule has 1 atom stereocenters. The number of aromatic nitrogens is 3. The quantitative estimate of drug-likeness (QED) is 0.837. The average molecular weight is 385 g/mol. The van der Waals surface area contributed by atoms with Crippen LogP contribution in [0, 0.1) is 0 Å². The van der Waals surface area contributed by atoms with Crippen LogP contribution >= 0.6 is 0 Å². The van der Waals surface area contributed by atoms with Crippen molar-refractivity contribution in [2.24, 2.45) is 0 Å². The lowest BCUT2D eigenvalue weighted by Gasteiger charge is -2.33. The Balaban J connectivity index is 0.000000516. The van der Waals surface area contributed by atoms with E-state index in [4.69, 9.17) is 9.90 Å². The molecule has 0 unspecified atom stereocenters. The Morgan fingerprint density at radius 2 is 1.86 bits per heavy atom. The molecule has 4 rings (SSSR count). The number of hydrogen-bond donors (Lipinski definition) is 2. The van der Waals surface area contributed by atoms with E-state index in [2.05, 4.69) is 32.2 Å². The van der Waals surface area contributed by atoms with Crippen LogP contribution in [0.5, 0.6) is 0 Å². The lowest BCUT2D eigenvalue weighted by Crippen LogP contribution is -2.42. The first-order valence-corrected chi connectivity index (χ1v) is 9.64. The van der Waals surface area contributed by atoms with E-state index in [1.54, 1.807) is 0 Å². The Kier molecular flexibility index (Phi) is 6.41. The van der Waals surface area contributed by atoms with Gasteiger partial charge in [0.1, 0.15) is 11.9 Å². The van der Waals surface area contributed by atoms with Gasteiger partial charge in [-0.2, -0.15) is 0 Å². The highest BCUT2D eigenvalue weighted by Crippen LogP contribution is 2.30. The molecule has 0 radical (unpaired) electrons. The lowest BCUT2D eigenvalue weighted by atomic mass is 9.96. The zero-order valence-electron chi connectivity index (χ0n) is 16.3. The molecule has 150 valence electrons. The van der Waals surface area contributed by atoms with Crippen LogP contribution in [-0.4, -0.2) is 49.7 Å². The van der Waals surface area contributed by atoms with Crippen molar-refractivity contribution in [3.05, 3.63) is 47.5 Å². The zero-order valence-corrected chi connectivity index (χ0v) is 16.3. The van der Waals surface area contributed by atoms with Crippen LogP contribution in [0.2, 0.25) is 0 Å². The number of benzene rings is 1. The molecule has 0 bridgehead atoms. The Labute approximate surface area is 164 Å². The first kappa shape index (κ1) is 20.0. The SMILES string of the molecule is CC(=O)O.C[C@H]1C(=O)N(Cc2ccccc2)Cc2nnc(C3CCNCC3)n21. The highest BCUT2D eigenvalue weighted by atomic mass is 16.4. The number of hydrogen-bond acceptors (Lipinski definition) is 5. The number of piperidine rings is 1. The van der Waals surface area contributed by atoms with Crippen molar-refractivity contribution >= 4 is 11.9 Å². The average Bonchev–Trinajstić information content (AvgIpc) is 3.11. The summed E-state index contributed by atoms with van der Waals surface area (Å²) in [7, 11) is 0. The Morgan fingerprint density at radius 1 is 1.21 bits per heavy atom. The van der Waals surface area contributed by atoms with Gasteiger partial charge in [-0.15, -0.1) is 10.2 Å². The monoisotopic (exact) mass is 385 g/mol. The number of carboxylic acid groups (broad SMARTS) is 1. The molecule has 2 N–H and O–H groups in total. The minimum atomic E-state index is -0.833. The van der Waals surface area contributed by atoms with Crippen LogP contribution < -0.4 is 5.32 Å². The number of aliphatic carboxylic acids is 1. The van der Waals surface area contributed by atoms with Crippen LogP contribution in [0.4, 0.5) is 0 Å². The maximum atomic E-state index is 12.9. The number of amides is 1. The maximum Gasteiger partial charge on any atom is 0.300 e. The molecular formula is C20H27N5O3. The summed E-state index contributed by atoms with van der Waals surface area (Å²) in [6.07, 6.45) is 2.12. The van der Waals surface area contributed by atoms with Gasteiger partial charge in [-0.1, -0.05) is 30.3 Å². The van der Waals surface area contributed by atoms with Gasteiger partial charge in [0.2, 0.25) is 5.91 Å². The normalized spacial score (nSPS) is 19.6. The maximum absolute atomic E-state index is 12.9. The molecule has 1 aromatic heterocycles. The van der Waals surface area contributed by atoms with Crippen molar-refractivity contribution in [1.82, 2.24) is 25.0 Å². The van der Waals surface area contributed by atoms with E-state index in [-0.39, 0.29) is 11.9 Å². The molecule has 1 saturated heterocycles. The topological polar surface area (TPSA) is 100 Å². The van der Waals surface area contributed by atoms with Gasteiger partial charge in [-0.05, 0) is 38.4 Å². The first-order chi connectivity index (χ1) is 13.5. The van der Waals surface area contributed by atoms with Crippen molar-refractivity contribution < 1.29 is 14.7 Å². The summed E-state index contributed by atoms with van der Waals surface area (Å²) in [5.74, 6) is 1.63. The van der Waals surface area contributed by atoms with Crippen LogP contribution in [0.25, 0.3) is 0 Å². The van der Waals surface area contributed by atoms with Gasteiger partial charge in [0, 0.05) is 19.4 Å². The number of nitrogens with one attached hydrogen (secondary N) is 1. The van der Waals surface area contributed by atoms with E-state index in [0.29, 0.717) is 19.0 Å². The molecule has 3 heterocycles. The lowest BCUT2D eigenvalue weighted by molar-refractivity contribution is -0.138. The Bertz CT molecular complexity index is 811. The summed E-state index contributed by atoms with van der Waals surface area (Å²) in [6, 6.07) is 9.88. The third-order valence-electron chi connectivity index (χ3n) is 5.10. The molecule has 1 aromatic carbocycles. The molecule has 0 saturated carbocycles. The predicted octanol–water partition coefficient (Wildman–Crippen LogP) is 1.94. The molecule has 2 aliphatic rings. The van der Waals surface area contributed by atoms with Crippen LogP contribution in [-0.2, 0) is 22.7 Å². The molecule has 8 nitrogen and oxygen atoms in total. The second kappa shape index (κ2) is 8.97. The smallest absolute Gasteiger partial charge is 0.300 e. The van der Waals surface area contributed by atoms with E-state index in [1.165, 1.54) is 0 Å². The number of nitrogens with zero attached hydrogens (tertiary/aromatic N) is 4. The number of carbonyl (C=O) groups is 2. The number of carbonyl (C=O) groups excluding carboxylic acids is 1. The van der Waals surface area contributed by atoms with Gasteiger partial charge >= 0.3 is 0 Å². The van der Waals surface area contributed by atoms with Gasteiger partial charge in [0.15, 0.2) is 5.82 Å². The summed E-state index contributed by atoms with van der Waals surface area (Å²) in [5.41, 5.74) is 1.14. The molecule has 0 spiro atoms. The summed E-state index contributed by atoms with van der Waals surface area (Å²) in [6.45, 7) is 6.23. The fourth-order valence-corrected chi connectivity index (χ4v) is 3.79. The van der Waals surface area contributed by atoms with Crippen molar-refractivity contribution in [2.75, 3.05) is 13.1 Å². The van der Waals surface area contributed by atoms with E-state index >= 15 is 0 Å². The Hall–Kier alpha value is -2.74. The highest BCUT2D eigenvalue weighted by molar-refractivity contribution is 5.81. The van der Waals surface area contributed by atoms with E-state index in [1.807, 2.05) is 30.0 Å². The molecule has 0 aliphatic carbocycles. The molecule has 1 amide bonds. The largest absolute Gasteiger partial charge is 0.481 e. The van der Waals surface area contributed by atoms with Crippen LogP contribution in [0.15, 0.2) is 30.3 Å². The summed E-state index contributed by atoms with van der Waals surface area (Å²) in [4.78, 5) is 23.7. The summed E-state index contributed by atoms with van der Waals surface area (Å²) in [5, 5.41) is 19.7. The van der Waals surface area contributed by atoms with Crippen molar-refractivity contribution in [2.45, 2.75) is 51.7 Å². The van der Waals surface area contributed by atoms with E-state index in [0.717, 1.165) is 50.1 Å². The highest BCUT2D eigenvalue weighted by Gasteiger charge is 2.35. The fraction of sp³-hybridized carbons (Fsp3) is 0.500. The standard InChI is InChI=1S/C18H23N5O.C2H4O2/c1-13-18(24)22(11-14-5-3-2-4-6-14)12-16-20-21-17(23(13)16)15-7-9-19-10-8-15;1-2(3)4/h2-6,13,15,19H,7-12H2,1H3;1H3,(H,3,4)/t13-;/m0./s1. The van der Waals surface area contributed by atoms with Gasteiger partial charge in [0.25, 0.3) is 5.97 Å². The third kappa shape index (κ3) is 4.56. The Morgan fingerprint density at radius 3 is 2.50 bits per heavy atom. The van der Waals surface area contributed by atoms with Crippen molar-refractivity contribution in [3.63, 3.8) is 0 Å². The summed E-state index contributed by atoms with van der Waals surface area (Å²) >= 11 is 0. The van der Waals surface area contributed by atoms with Crippen LogP contribution in [0.3, 0.4) is 0 Å². The van der Waals surface area contributed by atoms with Gasteiger partial charge < -0.3 is 19.9 Å². The molecule has 2 aliphatic heterocycles. The van der Waals surface area contributed by atoms with Crippen LogP contribution in [0.1, 0.15) is 55.9 Å². The predicted molar refractivity (Wildman–Crippen MR) is 104 cm³/mol. The molecule has 8 heteroatoms. The molecule has 2 aromatic rings. The molecular weight excluding hydrogens is 358 g/mol. The molecule has 1 fully saturated rings. The third-order valence-corrected chi connectivity index (χ3v) is 5.10. The fourth-order valence-electron chi connectivity index (χ4n) is 3.79. The second-order valence-corrected chi connectivity index (χ2v) is 7.24. The minimum Gasteiger partial charge on any atom is -0.481 e. The minimum absolute atomic E-state index is 0.154. The number of carboxylic acids is 1. The second-order valence-electron chi connectivity index (χ2n) is 7.24.